The number of amides is 2. The van der Waals surface area contributed by atoms with Gasteiger partial charge in [0.2, 0.25) is 5.91 Å². The van der Waals surface area contributed by atoms with Crippen LogP contribution in [0.15, 0.2) is 36.4 Å². The van der Waals surface area contributed by atoms with E-state index in [9.17, 15) is 14.4 Å². The fraction of sp³-hybridized carbons (Fsp3) is 0.467. The van der Waals surface area contributed by atoms with Crippen LogP contribution in [0.2, 0.25) is 0 Å². The van der Waals surface area contributed by atoms with Crippen molar-refractivity contribution < 1.29 is 19.1 Å². The summed E-state index contributed by atoms with van der Waals surface area (Å²) in [6, 6.07) is 11.4. The third-order valence-corrected chi connectivity index (χ3v) is 6.97. The fourth-order valence-electron chi connectivity index (χ4n) is 5.04. The summed E-state index contributed by atoms with van der Waals surface area (Å²) in [4.78, 5) is 44.7. The first-order valence-corrected chi connectivity index (χ1v) is 13.6. The quantitative estimate of drug-likeness (QED) is 0.282. The topological polar surface area (TPSA) is 93.5 Å². The highest BCUT2D eigenvalue weighted by atomic mass is 16.5. The van der Waals surface area contributed by atoms with Crippen LogP contribution in [0.5, 0.6) is 5.75 Å². The van der Waals surface area contributed by atoms with Crippen molar-refractivity contribution in [2.75, 3.05) is 19.6 Å². The normalized spacial score (nSPS) is 13.5. The number of carbonyl (C=O) groups excluding carboxylic acids is 3. The molecule has 1 aromatic carbocycles. The number of Topliss-reactive ketones (excluding diaryl/α,β-unsaturated/α-hetero) is 1. The summed E-state index contributed by atoms with van der Waals surface area (Å²) >= 11 is 0. The van der Waals surface area contributed by atoms with Crippen LogP contribution in [-0.4, -0.2) is 57.8 Å². The van der Waals surface area contributed by atoms with Crippen molar-refractivity contribution >= 4 is 28.6 Å². The van der Waals surface area contributed by atoms with Crippen LogP contribution in [0.25, 0.3) is 11.0 Å². The maximum Gasteiger partial charge on any atom is 0.271 e. The first kappa shape index (κ1) is 27.4. The minimum atomic E-state index is -0.229. The van der Waals surface area contributed by atoms with Gasteiger partial charge in [0.1, 0.15) is 5.65 Å². The van der Waals surface area contributed by atoms with Crippen LogP contribution < -0.4 is 10.1 Å². The monoisotopic (exact) mass is 518 g/mol. The molecule has 1 aliphatic rings. The summed E-state index contributed by atoms with van der Waals surface area (Å²) in [6.45, 7) is 7.82. The Kier molecular flexibility index (Phi) is 8.81. The molecule has 4 rings (SSSR count). The van der Waals surface area contributed by atoms with E-state index in [1.807, 2.05) is 69.1 Å². The highest BCUT2D eigenvalue weighted by Gasteiger charge is 2.26. The molecule has 3 heterocycles. The summed E-state index contributed by atoms with van der Waals surface area (Å²) in [5.74, 6) is 0.565. The number of hydrogen-bond donors (Lipinski definition) is 1. The maximum absolute atomic E-state index is 13.3. The molecule has 1 N–H and O–H groups in total. The zero-order chi connectivity index (χ0) is 27.2. The Bertz CT molecular complexity index is 1310. The average Bonchev–Trinajstić information content (AvgIpc) is 3.44. The molecular formula is C30H38N4O4. The Morgan fingerprint density at radius 1 is 1.18 bits per heavy atom. The van der Waals surface area contributed by atoms with Gasteiger partial charge in [0, 0.05) is 50.8 Å². The van der Waals surface area contributed by atoms with E-state index in [1.54, 1.807) is 4.57 Å². The van der Waals surface area contributed by atoms with Crippen molar-refractivity contribution in [3.63, 3.8) is 0 Å². The van der Waals surface area contributed by atoms with Crippen LogP contribution in [0.4, 0.5) is 0 Å². The van der Waals surface area contributed by atoms with Crippen molar-refractivity contribution in [2.24, 2.45) is 7.05 Å². The van der Waals surface area contributed by atoms with E-state index in [0.717, 1.165) is 29.6 Å². The second-order valence-electron chi connectivity index (χ2n) is 10.1. The number of hydrogen-bond acceptors (Lipinski definition) is 5. The summed E-state index contributed by atoms with van der Waals surface area (Å²) in [7, 11) is 1.83. The Balaban J connectivity index is 1.57. The molecule has 1 aliphatic heterocycles. The standard InChI is InChI=1S/C30H38N4O4/c1-5-24-22(14-15-25(35)21-11-7-6-8-12-21)19-23-28(38-20(2)3)27(33(4)29(23)32-24)30(37)31-16-10-18-34-17-9-13-26(34)36/h6-8,11-12,19-20H,5,9-10,13-18H2,1-4H3,(H,31,37). The first-order chi connectivity index (χ1) is 18.3. The number of fused-ring (bicyclic) bond motifs is 1. The average molecular weight is 519 g/mol. The molecule has 0 spiro atoms. The zero-order valence-corrected chi connectivity index (χ0v) is 22.9. The SMILES string of the molecule is CCc1nc2c(cc1CCC(=O)c1ccccc1)c(OC(C)C)c(C(=O)NCCCN1CCCC1=O)n2C. The van der Waals surface area contributed by atoms with Crippen molar-refractivity contribution in [1.82, 2.24) is 19.8 Å². The van der Waals surface area contributed by atoms with E-state index in [4.69, 9.17) is 9.72 Å². The van der Waals surface area contributed by atoms with Gasteiger partial charge in [0.25, 0.3) is 5.91 Å². The van der Waals surface area contributed by atoms with Crippen molar-refractivity contribution in [3.8, 4) is 5.75 Å². The van der Waals surface area contributed by atoms with Gasteiger partial charge in [-0.1, -0.05) is 37.3 Å². The molecule has 38 heavy (non-hydrogen) atoms. The van der Waals surface area contributed by atoms with Gasteiger partial charge in [-0.2, -0.15) is 0 Å². The molecule has 0 atom stereocenters. The molecule has 202 valence electrons. The molecule has 2 aromatic heterocycles. The largest absolute Gasteiger partial charge is 0.488 e. The van der Waals surface area contributed by atoms with Crippen LogP contribution in [0, 0.1) is 0 Å². The van der Waals surface area contributed by atoms with Crippen LogP contribution in [0.3, 0.4) is 0 Å². The second-order valence-corrected chi connectivity index (χ2v) is 10.1. The Hall–Kier alpha value is -3.68. The van der Waals surface area contributed by atoms with Gasteiger partial charge in [-0.3, -0.25) is 14.4 Å². The van der Waals surface area contributed by atoms with E-state index < -0.39 is 0 Å². The number of ether oxygens (including phenoxy) is 1. The lowest BCUT2D eigenvalue weighted by Gasteiger charge is -2.16. The van der Waals surface area contributed by atoms with Gasteiger partial charge < -0.3 is 19.5 Å². The number of ketones is 1. The van der Waals surface area contributed by atoms with E-state index in [0.29, 0.717) is 67.8 Å². The number of benzene rings is 1. The van der Waals surface area contributed by atoms with Gasteiger partial charge in [0.15, 0.2) is 17.2 Å². The fourth-order valence-corrected chi connectivity index (χ4v) is 5.04. The van der Waals surface area contributed by atoms with Crippen LogP contribution in [0.1, 0.15) is 78.6 Å². The maximum atomic E-state index is 13.3. The van der Waals surface area contributed by atoms with Gasteiger partial charge >= 0.3 is 0 Å². The van der Waals surface area contributed by atoms with E-state index in [2.05, 4.69) is 5.32 Å². The predicted molar refractivity (Wildman–Crippen MR) is 148 cm³/mol. The summed E-state index contributed by atoms with van der Waals surface area (Å²) < 4.78 is 7.98. The molecule has 3 aromatic rings. The number of likely N-dealkylation sites (tertiary alicyclic amines) is 1. The lowest BCUT2D eigenvalue weighted by atomic mass is 10.00. The van der Waals surface area contributed by atoms with E-state index >= 15 is 0 Å². The molecule has 0 bridgehead atoms. The van der Waals surface area contributed by atoms with Crippen LogP contribution >= 0.6 is 0 Å². The molecule has 8 heteroatoms. The predicted octanol–water partition coefficient (Wildman–Crippen LogP) is 4.48. The molecule has 8 nitrogen and oxygen atoms in total. The minimum absolute atomic E-state index is 0.0927. The van der Waals surface area contributed by atoms with E-state index in [1.165, 1.54) is 0 Å². The summed E-state index contributed by atoms with van der Waals surface area (Å²) in [5, 5.41) is 3.78. The van der Waals surface area contributed by atoms with Gasteiger partial charge in [-0.05, 0) is 51.2 Å². The molecular weight excluding hydrogens is 480 g/mol. The van der Waals surface area contributed by atoms with Crippen molar-refractivity contribution in [1.29, 1.82) is 0 Å². The number of nitrogens with one attached hydrogen (secondary N) is 1. The smallest absolute Gasteiger partial charge is 0.271 e. The molecule has 2 amide bonds. The summed E-state index contributed by atoms with van der Waals surface area (Å²) in [5.41, 5.74) is 3.72. The van der Waals surface area contributed by atoms with Gasteiger partial charge in [-0.15, -0.1) is 0 Å². The molecule has 1 fully saturated rings. The minimum Gasteiger partial charge on any atom is -0.488 e. The number of nitrogens with zero attached hydrogens (tertiary/aromatic N) is 3. The lowest BCUT2D eigenvalue weighted by Crippen LogP contribution is -2.31. The third kappa shape index (κ3) is 6.06. The van der Waals surface area contributed by atoms with Crippen molar-refractivity contribution in [3.05, 3.63) is 58.9 Å². The number of aryl methyl sites for hydroxylation is 3. The van der Waals surface area contributed by atoms with Crippen molar-refractivity contribution in [2.45, 2.75) is 65.4 Å². The third-order valence-electron chi connectivity index (χ3n) is 6.97. The lowest BCUT2D eigenvalue weighted by molar-refractivity contribution is -0.127. The number of aromatic nitrogens is 2. The Labute approximate surface area is 224 Å². The second kappa shape index (κ2) is 12.2. The van der Waals surface area contributed by atoms with E-state index in [-0.39, 0.29) is 23.7 Å². The highest BCUT2D eigenvalue weighted by molar-refractivity contribution is 6.03. The van der Waals surface area contributed by atoms with Crippen LogP contribution in [-0.2, 0) is 24.7 Å². The number of pyridine rings is 1. The number of carbonyl (C=O) groups is 3. The zero-order valence-electron chi connectivity index (χ0n) is 22.9. The highest BCUT2D eigenvalue weighted by Crippen LogP contribution is 2.34. The molecule has 1 saturated heterocycles. The Morgan fingerprint density at radius 2 is 1.95 bits per heavy atom. The van der Waals surface area contributed by atoms with Gasteiger partial charge in [0.05, 0.1) is 11.5 Å². The Morgan fingerprint density at radius 3 is 2.61 bits per heavy atom. The molecule has 0 aliphatic carbocycles. The molecule has 0 radical (unpaired) electrons. The number of rotatable bonds is 12. The first-order valence-electron chi connectivity index (χ1n) is 13.6. The van der Waals surface area contributed by atoms with Gasteiger partial charge in [-0.25, -0.2) is 4.98 Å². The molecule has 0 saturated carbocycles. The molecule has 0 unspecified atom stereocenters. The summed E-state index contributed by atoms with van der Waals surface area (Å²) in [6.07, 6.45) is 3.74.